The topological polar surface area (TPSA) is 80.4 Å². The second-order valence-electron chi connectivity index (χ2n) is 2.76. The smallest absolute Gasteiger partial charge is 0.475 e. The van der Waals surface area contributed by atoms with Gasteiger partial charge in [0.1, 0.15) is 5.82 Å². The van der Waals surface area contributed by atoms with E-state index in [1.54, 1.807) is 0 Å². The summed E-state index contributed by atoms with van der Waals surface area (Å²) < 4.78 is 44.5. The number of rotatable bonds is 1. The molecule has 4 nitrogen and oxygen atoms in total. The third-order valence-electron chi connectivity index (χ3n) is 1.45. The monoisotopic (exact) mass is 287 g/mol. The van der Waals surface area contributed by atoms with Crippen LogP contribution in [-0.4, -0.2) is 23.2 Å². The van der Waals surface area contributed by atoms with Crippen LogP contribution in [0, 0.1) is 5.82 Å². The first-order chi connectivity index (χ1) is 8.07. The van der Waals surface area contributed by atoms with Crippen molar-refractivity contribution in [2.24, 2.45) is 5.73 Å². The summed E-state index contributed by atoms with van der Waals surface area (Å²) in [6, 6.07) is 3.95. The Balaban J connectivity index is 0.000000360. The van der Waals surface area contributed by atoms with Crippen LogP contribution in [0.25, 0.3) is 0 Å². The second kappa shape index (κ2) is 6.20. The molecule has 0 atom stereocenters. The fourth-order valence-corrected chi connectivity index (χ4v) is 0.989. The van der Waals surface area contributed by atoms with Crippen molar-refractivity contribution in [2.75, 3.05) is 0 Å². The number of aliphatic carboxylic acids is 1. The summed E-state index contributed by atoms with van der Waals surface area (Å²) in [6.07, 6.45) is -5.08. The van der Waals surface area contributed by atoms with E-state index in [4.69, 9.17) is 27.2 Å². The maximum atomic E-state index is 12.7. The number of primary amides is 1. The molecule has 0 unspecified atom stereocenters. The highest BCUT2D eigenvalue weighted by Crippen LogP contribution is 2.17. The fourth-order valence-electron chi connectivity index (χ4n) is 0.733. The van der Waals surface area contributed by atoms with Crippen molar-refractivity contribution >= 4 is 23.5 Å². The molecule has 0 spiro atoms. The van der Waals surface area contributed by atoms with Crippen LogP contribution < -0.4 is 5.73 Å². The number of halogens is 5. The van der Waals surface area contributed by atoms with Gasteiger partial charge in [-0.2, -0.15) is 13.2 Å². The predicted octanol–water partition coefficient (Wildman–Crippen LogP) is 2.21. The van der Waals surface area contributed by atoms with Crippen molar-refractivity contribution in [3.8, 4) is 0 Å². The largest absolute Gasteiger partial charge is 0.490 e. The minimum atomic E-state index is -5.08. The Bertz CT molecular complexity index is 441. The van der Waals surface area contributed by atoms with Crippen LogP contribution in [0.15, 0.2) is 18.2 Å². The Morgan fingerprint density at radius 2 is 1.72 bits per heavy atom. The minimum Gasteiger partial charge on any atom is -0.475 e. The van der Waals surface area contributed by atoms with Gasteiger partial charge < -0.3 is 10.8 Å². The van der Waals surface area contributed by atoms with E-state index in [1.165, 1.54) is 12.1 Å². The lowest BCUT2D eigenvalue weighted by molar-refractivity contribution is -0.192. The molecule has 0 fully saturated rings. The molecule has 0 aliphatic rings. The number of carboxylic acids is 1. The number of alkyl halides is 3. The molecule has 0 saturated carbocycles. The van der Waals surface area contributed by atoms with Gasteiger partial charge in [0, 0.05) is 0 Å². The maximum absolute atomic E-state index is 12.7. The highest BCUT2D eigenvalue weighted by Gasteiger charge is 2.38. The molecule has 9 heteroatoms. The van der Waals surface area contributed by atoms with E-state index >= 15 is 0 Å². The van der Waals surface area contributed by atoms with Gasteiger partial charge in [0.2, 0.25) is 0 Å². The van der Waals surface area contributed by atoms with Gasteiger partial charge in [-0.15, -0.1) is 0 Å². The molecule has 3 N–H and O–H groups in total. The molecule has 0 saturated heterocycles. The lowest BCUT2D eigenvalue weighted by Crippen LogP contribution is -2.21. The molecule has 1 amide bonds. The summed E-state index contributed by atoms with van der Waals surface area (Å²) in [6.45, 7) is 0. The summed E-state index contributed by atoms with van der Waals surface area (Å²) in [5.74, 6) is -4.30. The molecular weight excluding hydrogens is 282 g/mol. The molecular formula is C9H6ClF4NO3. The maximum Gasteiger partial charge on any atom is 0.490 e. The lowest BCUT2D eigenvalue weighted by Gasteiger charge is -1.98. The minimum absolute atomic E-state index is 0.0394. The summed E-state index contributed by atoms with van der Waals surface area (Å²) in [7, 11) is 0. The number of benzene rings is 1. The highest BCUT2D eigenvalue weighted by molar-refractivity contribution is 6.33. The highest BCUT2D eigenvalue weighted by atomic mass is 35.5. The number of carbonyl (C=O) groups is 2. The first-order valence-corrected chi connectivity index (χ1v) is 4.49. The normalized spacial score (nSPS) is 10.3. The molecule has 0 aromatic heterocycles. The molecule has 1 aromatic rings. The Kier molecular flexibility index (Phi) is 5.57. The first-order valence-electron chi connectivity index (χ1n) is 4.11. The average Bonchev–Trinajstić information content (AvgIpc) is 2.15. The molecule has 1 rings (SSSR count). The zero-order valence-electron chi connectivity index (χ0n) is 8.46. The van der Waals surface area contributed by atoms with Gasteiger partial charge in [0.15, 0.2) is 0 Å². The van der Waals surface area contributed by atoms with E-state index in [0.717, 1.165) is 6.07 Å². The van der Waals surface area contributed by atoms with E-state index in [0.29, 0.717) is 0 Å². The third kappa shape index (κ3) is 5.00. The lowest BCUT2D eigenvalue weighted by atomic mass is 10.2. The van der Waals surface area contributed by atoms with E-state index in [-0.39, 0.29) is 10.6 Å². The SMILES string of the molecule is NC(=O)c1c(F)cccc1Cl.O=C(O)C(F)(F)F. The Hall–Kier alpha value is -1.83. The van der Waals surface area contributed by atoms with Crippen LogP contribution in [0.5, 0.6) is 0 Å². The number of hydrogen-bond donors (Lipinski definition) is 2. The van der Waals surface area contributed by atoms with Gasteiger partial charge >= 0.3 is 12.1 Å². The van der Waals surface area contributed by atoms with Crippen LogP contribution in [0.1, 0.15) is 10.4 Å². The van der Waals surface area contributed by atoms with E-state index in [1.807, 2.05) is 0 Å². The predicted molar refractivity (Wildman–Crippen MR) is 53.6 cm³/mol. The second-order valence-corrected chi connectivity index (χ2v) is 3.17. The van der Waals surface area contributed by atoms with Gasteiger partial charge in [0.25, 0.3) is 5.91 Å². The van der Waals surface area contributed by atoms with E-state index in [2.05, 4.69) is 0 Å². The molecule has 100 valence electrons. The third-order valence-corrected chi connectivity index (χ3v) is 1.77. The van der Waals surface area contributed by atoms with Gasteiger partial charge in [-0.05, 0) is 12.1 Å². The molecule has 0 heterocycles. The van der Waals surface area contributed by atoms with Crippen molar-refractivity contribution in [2.45, 2.75) is 6.18 Å². The van der Waals surface area contributed by atoms with Crippen LogP contribution >= 0.6 is 11.6 Å². The van der Waals surface area contributed by atoms with Crippen molar-refractivity contribution in [1.82, 2.24) is 0 Å². The van der Waals surface area contributed by atoms with E-state index in [9.17, 15) is 22.4 Å². The average molecular weight is 288 g/mol. The molecule has 0 radical (unpaired) electrons. The van der Waals surface area contributed by atoms with E-state index < -0.39 is 23.9 Å². The van der Waals surface area contributed by atoms with Crippen molar-refractivity contribution in [1.29, 1.82) is 0 Å². The van der Waals surface area contributed by atoms with Crippen molar-refractivity contribution < 1.29 is 32.3 Å². The Morgan fingerprint density at radius 3 is 1.94 bits per heavy atom. The summed E-state index contributed by atoms with van der Waals surface area (Å²) >= 11 is 5.48. The number of carbonyl (C=O) groups excluding carboxylic acids is 1. The summed E-state index contributed by atoms with van der Waals surface area (Å²) in [5.41, 5.74) is 4.60. The number of amides is 1. The van der Waals surface area contributed by atoms with Crippen LogP contribution in [0.4, 0.5) is 17.6 Å². The quantitative estimate of drug-likeness (QED) is 0.777. The molecule has 0 aliphatic heterocycles. The Labute approximate surface area is 103 Å². The standard InChI is InChI=1S/C7H5ClFNO.C2HF3O2/c8-4-2-1-3-5(9)6(4)7(10)11;3-2(4,5)1(6)7/h1-3H,(H2,10,11);(H,6,7). The Morgan fingerprint density at radius 1 is 1.28 bits per heavy atom. The molecule has 18 heavy (non-hydrogen) atoms. The van der Waals surface area contributed by atoms with Gasteiger partial charge in [-0.1, -0.05) is 17.7 Å². The first kappa shape index (κ1) is 16.2. The van der Waals surface area contributed by atoms with Crippen molar-refractivity contribution in [3.63, 3.8) is 0 Å². The number of nitrogens with two attached hydrogens (primary N) is 1. The van der Waals surface area contributed by atoms with Crippen molar-refractivity contribution in [3.05, 3.63) is 34.6 Å². The van der Waals surface area contributed by atoms with Crippen LogP contribution in [0.3, 0.4) is 0 Å². The zero-order valence-corrected chi connectivity index (χ0v) is 9.22. The van der Waals surface area contributed by atoms with Crippen LogP contribution in [-0.2, 0) is 4.79 Å². The molecule has 0 bridgehead atoms. The fraction of sp³-hybridized carbons (Fsp3) is 0.111. The summed E-state index contributed by atoms with van der Waals surface area (Å²) in [4.78, 5) is 19.4. The van der Waals surface area contributed by atoms with Gasteiger partial charge in [-0.25, -0.2) is 9.18 Å². The summed E-state index contributed by atoms with van der Waals surface area (Å²) in [5, 5.41) is 7.16. The van der Waals surface area contributed by atoms with Gasteiger partial charge in [-0.3, -0.25) is 4.79 Å². The zero-order chi connectivity index (χ0) is 14.5. The number of carboxylic acid groups (broad SMARTS) is 1. The van der Waals surface area contributed by atoms with Crippen LogP contribution in [0.2, 0.25) is 5.02 Å². The molecule has 0 aliphatic carbocycles. The number of hydrogen-bond acceptors (Lipinski definition) is 2. The van der Waals surface area contributed by atoms with Gasteiger partial charge in [0.05, 0.1) is 10.6 Å². The molecule has 1 aromatic carbocycles.